The summed E-state index contributed by atoms with van der Waals surface area (Å²) in [4.78, 5) is 2.34. The zero-order valence-corrected chi connectivity index (χ0v) is 35.7. The molecule has 65 heavy (non-hydrogen) atoms. The van der Waals surface area contributed by atoms with E-state index >= 15 is 0 Å². The second-order valence-corrected chi connectivity index (χ2v) is 16.6. The zero-order valence-electron chi connectivity index (χ0n) is 35.7. The van der Waals surface area contributed by atoms with Crippen molar-refractivity contribution < 1.29 is 0 Å². The number of hydrogen-bond acceptors (Lipinski definition) is 1. The largest absolute Gasteiger partial charge is 0.311 e. The Kier molecular flexibility index (Phi) is 9.31. The minimum Gasteiger partial charge on any atom is -0.311 e. The first-order valence-electron chi connectivity index (χ1n) is 22.2. The van der Waals surface area contributed by atoms with Gasteiger partial charge in [-0.25, -0.2) is 0 Å². The Morgan fingerprint density at radius 2 is 0.523 bits per heavy atom. The van der Waals surface area contributed by atoms with Crippen molar-refractivity contribution in [2.75, 3.05) is 4.90 Å². The Morgan fingerprint density at radius 3 is 0.800 bits per heavy atom. The van der Waals surface area contributed by atoms with Crippen molar-refractivity contribution in [1.82, 2.24) is 9.13 Å². The Balaban J connectivity index is 0.866. The van der Waals surface area contributed by atoms with Gasteiger partial charge in [0.15, 0.2) is 0 Å². The fourth-order valence-electron chi connectivity index (χ4n) is 9.68. The van der Waals surface area contributed by atoms with Crippen molar-refractivity contribution in [3.8, 4) is 44.8 Å². The maximum Gasteiger partial charge on any atom is 0.0541 e. The summed E-state index contributed by atoms with van der Waals surface area (Å²) in [7, 11) is 0. The first-order valence-corrected chi connectivity index (χ1v) is 22.2. The van der Waals surface area contributed by atoms with Crippen LogP contribution in [0.15, 0.2) is 249 Å². The molecule has 0 N–H and O–H groups in total. The van der Waals surface area contributed by atoms with Crippen LogP contribution in [0.25, 0.3) is 94.4 Å². The van der Waals surface area contributed by atoms with E-state index in [0.29, 0.717) is 0 Å². The molecule has 2 heterocycles. The molecular weight excluding hydrogens is 787 g/mol. The van der Waals surface area contributed by atoms with E-state index in [2.05, 4.69) is 263 Å². The van der Waals surface area contributed by atoms with Gasteiger partial charge in [0.25, 0.3) is 0 Å². The molecule has 0 atom stereocenters. The maximum absolute atomic E-state index is 3.92. The molecule has 12 aromatic rings. The molecule has 0 spiro atoms. The number of anilines is 3. The smallest absolute Gasteiger partial charge is 0.0541 e. The molecule has 0 aliphatic carbocycles. The van der Waals surface area contributed by atoms with Gasteiger partial charge < -0.3 is 14.0 Å². The van der Waals surface area contributed by atoms with Gasteiger partial charge in [0.05, 0.1) is 22.1 Å². The molecule has 0 fully saturated rings. The molecule has 0 aliphatic rings. The van der Waals surface area contributed by atoms with Crippen LogP contribution in [0.4, 0.5) is 17.1 Å². The van der Waals surface area contributed by atoms with Crippen LogP contribution in [-0.2, 0) is 0 Å². The van der Waals surface area contributed by atoms with Crippen molar-refractivity contribution >= 4 is 66.7 Å². The summed E-state index contributed by atoms with van der Waals surface area (Å²) < 4.78 is 4.73. The van der Waals surface area contributed by atoms with Crippen LogP contribution in [0, 0.1) is 0 Å². The third-order valence-corrected chi connectivity index (χ3v) is 12.9. The Labute approximate surface area is 378 Å². The predicted molar refractivity (Wildman–Crippen MR) is 276 cm³/mol. The van der Waals surface area contributed by atoms with Crippen LogP contribution in [0.3, 0.4) is 0 Å². The molecule has 0 saturated carbocycles. The van der Waals surface area contributed by atoms with Crippen molar-refractivity contribution in [3.05, 3.63) is 255 Å². The highest BCUT2D eigenvalue weighted by molar-refractivity contribution is 6.10. The van der Waals surface area contributed by atoms with Gasteiger partial charge in [-0.15, -0.1) is 0 Å². The molecule has 0 saturated heterocycles. The van der Waals surface area contributed by atoms with Crippen molar-refractivity contribution in [2.24, 2.45) is 0 Å². The SMILES string of the molecule is C=Cc1ccc(-c2ccc(N(c3ccc(-c4ccc(-n5c6ccccc6c6ccccc65)cc4)cc3)c3ccc(-c4ccc(-n5c6ccccc6c6ccccc65)cc4)cc3)cc2)cc1. The number of para-hydroxylation sites is 4. The van der Waals surface area contributed by atoms with E-state index in [4.69, 9.17) is 0 Å². The molecule has 3 heteroatoms. The van der Waals surface area contributed by atoms with E-state index in [0.717, 1.165) is 34.0 Å². The van der Waals surface area contributed by atoms with Crippen LogP contribution in [0.2, 0.25) is 0 Å². The maximum atomic E-state index is 3.92. The standard InChI is InChI=1S/C62H43N3/c1-2-43-19-21-44(22-20-43)45-23-33-50(34-24-45)63(51-35-25-46(26-36-51)48-29-39-53(40-30-48)64-59-15-7-3-11-55(59)56-12-4-8-16-60(56)64)52-37-27-47(28-38-52)49-31-41-54(42-32-49)65-61-17-9-5-13-57(61)58-14-6-10-18-62(58)65/h2-42H,1H2. The molecular formula is C62H43N3. The lowest BCUT2D eigenvalue weighted by Crippen LogP contribution is -2.09. The Morgan fingerprint density at radius 1 is 0.277 bits per heavy atom. The zero-order chi connectivity index (χ0) is 43.3. The second-order valence-electron chi connectivity index (χ2n) is 16.6. The second kappa shape index (κ2) is 15.9. The van der Waals surface area contributed by atoms with Crippen LogP contribution < -0.4 is 4.90 Å². The van der Waals surface area contributed by atoms with E-state index in [1.807, 2.05) is 6.08 Å². The molecule has 0 radical (unpaired) electrons. The highest BCUT2D eigenvalue weighted by Gasteiger charge is 2.16. The molecule has 0 amide bonds. The average molecular weight is 830 g/mol. The van der Waals surface area contributed by atoms with E-state index in [9.17, 15) is 0 Å². The number of rotatable bonds is 9. The highest BCUT2D eigenvalue weighted by Crippen LogP contribution is 2.39. The minimum atomic E-state index is 1.09. The Hall–Kier alpha value is -8.66. The molecule has 0 aliphatic heterocycles. The van der Waals surface area contributed by atoms with Crippen molar-refractivity contribution in [2.45, 2.75) is 0 Å². The van der Waals surface area contributed by atoms with Crippen LogP contribution in [0.5, 0.6) is 0 Å². The lowest BCUT2D eigenvalue weighted by molar-refractivity contribution is 1.18. The number of hydrogen-bond donors (Lipinski definition) is 0. The molecule has 0 bridgehead atoms. The molecule has 3 nitrogen and oxygen atoms in total. The topological polar surface area (TPSA) is 13.1 Å². The summed E-state index contributed by atoms with van der Waals surface area (Å²) in [5.74, 6) is 0. The molecule has 12 rings (SSSR count). The fraction of sp³-hybridized carbons (Fsp3) is 0. The summed E-state index contributed by atoms with van der Waals surface area (Å²) in [6.45, 7) is 3.92. The van der Waals surface area contributed by atoms with Gasteiger partial charge >= 0.3 is 0 Å². The normalized spacial score (nSPS) is 11.4. The summed E-state index contributed by atoms with van der Waals surface area (Å²) in [6.07, 6.45) is 1.88. The van der Waals surface area contributed by atoms with Crippen molar-refractivity contribution in [1.29, 1.82) is 0 Å². The van der Waals surface area contributed by atoms with Gasteiger partial charge in [0.1, 0.15) is 0 Å². The Bertz CT molecular complexity index is 3360. The number of aromatic nitrogens is 2. The molecule has 10 aromatic carbocycles. The van der Waals surface area contributed by atoms with Gasteiger partial charge in [-0.3, -0.25) is 0 Å². The van der Waals surface area contributed by atoms with Gasteiger partial charge in [-0.05, 0) is 124 Å². The van der Waals surface area contributed by atoms with E-state index in [-0.39, 0.29) is 0 Å². The lowest BCUT2D eigenvalue weighted by atomic mass is 10.0. The van der Waals surface area contributed by atoms with Gasteiger partial charge in [0.2, 0.25) is 0 Å². The third kappa shape index (κ3) is 6.70. The van der Waals surface area contributed by atoms with Crippen LogP contribution in [0.1, 0.15) is 5.56 Å². The predicted octanol–water partition coefficient (Wildman–Crippen LogP) is 17.0. The van der Waals surface area contributed by atoms with E-state index < -0.39 is 0 Å². The monoisotopic (exact) mass is 829 g/mol. The van der Waals surface area contributed by atoms with E-state index in [1.54, 1.807) is 0 Å². The fourth-order valence-corrected chi connectivity index (χ4v) is 9.68. The van der Waals surface area contributed by atoms with E-state index in [1.165, 1.54) is 77.0 Å². The van der Waals surface area contributed by atoms with Crippen LogP contribution in [-0.4, -0.2) is 9.13 Å². The third-order valence-electron chi connectivity index (χ3n) is 12.9. The summed E-state index contributed by atoms with van der Waals surface area (Å²) >= 11 is 0. The first kappa shape index (κ1) is 38.0. The first-order chi connectivity index (χ1) is 32.2. The molecule has 306 valence electrons. The minimum absolute atomic E-state index is 1.09. The summed E-state index contributed by atoms with van der Waals surface area (Å²) in [6, 6.07) is 87.8. The number of benzene rings is 10. The summed E-state index contributed by atoms with van der Waals surface area (Å²) in [5, 5.41) is 5.07. The number of nitrogens with zero attached hydrogens (tertiary/aromatic N) is 3. The van der Waals surface area contributed by atoms with Gasteiger partial charge in [0, 0.05) is 50.0 Å². The quantitative estimate of drug-likeness (QED) is 0.141. The van der Waals surface area contributed by atoms with Crippen molar-refractivity contribution in [3.63, 3.8) is 0 Å². The van der Waals surface area contributed by atoms with Gasteiger partial charge in [-0.2, -0.15) is 0 Å². The lowest BCUT2D eigenvalue weighted by Gasteiger charge is -2.26. The molecule has 0 unspecified atom stereocenters. The van der Waals surface area contributed by atoms with Crippen LogP contribution >= 0.6 is 0 Å². The molecule has 2 aromatic heterocycles. The number of fused-ring (bicyclic) bond motifs is 6. The average Bonchev–Trinajstić information content (AvgIpc) is 3.90. The van der Waals surface area contributed by atoms with Gasteiger partial charge in [-0.1, -0.05) is 170 Å². The summed E-state index contributed by atoms with van der Waals surface area (Å²) in [5.41, 5.74) is 18.6. The highest BCUT2D eigenvalue weighted by atomic mass is 15.1.